The molecular weight excluding hydrogens is 235 g/mol. The number of ether oxygens (including phenoxy) is 1. The van der Waals surface area contributed by atoms with Gasteiger partial charge in [-0.25, -0.2) is 0 Å². The van der Waals surface area contributed by atoms with Crippen molar-refractivity contribution >= 4 is 24.1 Å². The first-order valence-corrected chi connectivity index (χ1v) is 6.74. The molecule has 0 aliphatic heterocycles. The zero-order valence-corrected chi connectivity index (χ0v) is 12.5. The van der Waals surface area contributed by atoms with Gasteiger partial charge in [-0.1, -0.05) is 31.0 Å². The van der Waals surface area contributed by atoms with E-state index in [2.05, 4.69) is 44.7 Å². The quantitative estimate of drug-likeness (QED) is 0.580. The van der Waals surface area contributed by atoms with Crippen LogP contribution in [0, 0.1) is 0 Å². The summed E-state index contributed by atoms with van der Waals surface area (Å²) in [6.45, 7) is 11.2. The summed E-state index contributed by atoms with van der Waals surface area (Å²) < 4.78 is 5.13. The average molecular weight is 260 g/mol. The fraction of sp³-hybridized carbons (Fsp3) is 0.467. The van der Waals surface area contributed by atoms with Gasteiger partial charge in [0.25, 0.3) is 0 Å². The van der Waals surface area contributed by atoms with Crippen molar-refractivity contribution < 1.29 is 4.74 Å². The van der Waals surface area contributed by atoms with E-state index in [0.717, 1.165) is 37.3 Å². The van der Waals surface area contributed by atoms with Gasteiger partial charge < -0.3 is 15.8 Å². The molecule has 1 rings (SSSR count). The van der Waals surface area contributed by atoms with Gasteiger partial charge in [0.2, 0.25) is 0 Å². The van der Waals surface area contributed by atoms with Crippen LogP contribution in [-0.2, 0) is 4.74 Å². The number of benzene rings is 1. The smallest absolute Gasteiger partial charge is 0.154 e. The van der Waals surface area contributed by atoms with Crippen molar-refractivity contribution in [3.05, 3.63) is 30.3 Å². The molecule has 0 atom stereocenters. The van der Waals surface area contributed by atoms with Gasteiger partial charge in [-0.2, -0.15) is 0 Å². The Morgan fingerprint density at radius 1 is 1.47 bits per heavy atom. The number of hydrogen-bond acceptors (Lipinski definition) is 3. The summed E-state index contributed by atoms with van der Waals surface area (Å²) >= 11 is 0. The third-order valence-corrected chi connectivity index (χ3v) is 3.27. The molecule has 0 aliphatic rings. The highest BCUT2D eigenvalue weighted by molar-refractivity contribution is 6.52. The van der Waals surface area contributed by atoms with Crippen molar-refractivity contribution in [2.45, 2.75) is 32.6 Å². The molecule has 0 fully saturated rings. The van der Waals surface area contributed by atoms with Crippen molar-refractivity contribution in [1.29, 1.82) is 0 Å². The Bertz CT molecular complexity index is 444. The van der Waals surface area contributed by atoms with E-state index in [1.807, 2.05) is 6.07 Å². The van der Waals surface area contributed by atoms with Crippen molar-refractivity contribution in [2.24, 2.45) is 0 Å². The summed E-state index contributed by atoms with van der Waals surface area (Å²) in [7, 11) is 2.71. The van der Waals surface area contributed by atoms with Crippen LogP contribution in [0.3, 0.4) is 0 Å². The standard InChI is InChI=1S/C15H25BN2O/c1-11(18-15(2,3)8-9-19-5)13-10-12(16-4)6-7-14(13)17/h6-7,10,16,18H,1,8-9,17H2,2-5H3. The topological polar surface area (TPSA) is 47.3 Å². The molecule has 0 aromatic heterocycles. The van der Waals surface area contributed by atoms with Gasteiger partial charge >= 0.3 is 0 Å². The van der Waals surface area contributed by atoms with Crippen LogP contribution in [0.1, 0.15) is 25.8 Å². The van der Waals surface area contributed by atoms with Crippen LogP contribution in [0.4, 0.5) is 5.69 Å². The fourth-order valence-electron chi connectivity index (χ4n) is 1.98. The van der Waals surface area contributed by atoms with Gasteiger partial charge in [-0.3, -0.25) is 0 Å². The molecule has 19 heavy (non-hydrogen) atoms. The van der Waals surface area contributed by atoms with E-state index in [0.29, 0.717) is 0 Å². The third-order valence-electron chi connectivity index (χ3n) is 3.27. The number of hydrogen-bond donors (Lipinski definition) is 2. The van der Waals surface area contributed by atoms with E-state index in [-0.39, 0.29) is 5.54 Å². The maximum absolute atomic E-state index is 6.04. The van der Waals surface area contributed by atoms with Crippen LogP contribution in [-0.4, -0.2) is 26.5 Å². The minimum absolute atomic E-state index is 0.0677. The van der Waals surface area contributed by atoms with E-state index in [9.17, 15) is 0 Å². The number of rotatable bonds is 7. The predicted molar refractivity (Wildman–Crippen MR) is 86.2 cm³/mol. The molecule has 0 radical (unpaired) electrons. The third kappa shape index (κ3) is 4.64. The molecular formula is C15H25BN2O. The minimum atomic E-state index is -0.0677. The Morgan fingerprint density at radius 2 is 2.16 bits per heavy atom. The molecule has 0 saturated carbocycles. The van der Waals surface area contributed by atoms with Crippen LogP contribution in [0.25, 0.3) is 5.70 Å². The number of anilines is 1. The Labute approximate surface area is 117 Å². The molecule has 104 valence electrons. The maximum Gasteiger partial charge on any atom is 0.154 e. The van der Waals surface area contributed by atoms with E-state index in [1.54, 1.807) is 7.11 Å². The molecule has 0 saturated heterocycles. The van der Waals surface area contributed by atoms with Gasteiger partial charge in [-0.15, -0.1) is 0 Å². The molecule has 1 aromatic carbocycles. The monoisotopic (exact) mass is 260 g/mol. The van der Waals surface area contributed by atoms with Crippen molar-refractivity contribution in [3.8, 4) is 0 Å². The number of nitrogens with one attached hydrogen (secondary N) is 1. The zero-order valence-electron chi connectivity index (χ0n) is 12.5. The lowest BCUT2D eigenvalue weighted by Gasteiger charge is -2.29. The Hall–Kier alpha value is -1.42. The Kier molecular flexibility index (Phi) is 5.49. The van der Waals surface area contributed by atoms with Gasteiger partial charge in [0.15, 0.2) is 7.28 Å². The van der Waals surface area contributed by atoms with Crippen molar-refractivity contribution in [2.75, 3.05) is 19.5 Å². The Morgan fingerprint density at radius 3 is 2.74 bits per heavy atom. The number of nitrogens with two attached hydrogens (primary N) is 1. The van der Waals surface area contributed by atoms with E-state index >= 15 is 0 Å². The van der Waals surface area contributed by atoms with Crippen LogP contribution in [0.2, 0.25) is 6.82 Å². The molecule has 3 N–H and O–H groups in total. The molecule has 1 aromatic rings. The summed E-state index contributed by atoms with van der Waals surface area (Å²) in [6.07, 6.45) is 0.913. The van der Waals surface area contributed by atoms with Gasteiger partial charge in [0, 0.05) is 36.2 Å². The van der Waals surface area contributed by atoms with Gasteiger partial charge in [0.05, 0.1) is 0 Å². The maximum atomic E-state index is 6.04. The molecule has 0 amide bonds. The van der Waals surface area contributed by atoms with Crippen LogP contribution >= 0.6 is 0 Å². The first-order chi connectivity index (χ1) is 8.89. The molecule has 0 heterocycles. The fourth-order valence-corrected chi connectivity index (χ4v) is 1.98. The highest BCUT2D eigenvalue weighted by atomic mass is 16.5. The highest BCUT2D eigenvalue weighted by Crippen LogP contribution is 2.20. The SMILES string of the molecule is C=C(NC(C)(C)CCOC)c1cc(BC)ccc1N. The first kappa shape index (κ1) is 15.6. The summed E-state index contributed by atoms with van der Waals surface area (Å²) in [4.78, 5) is 0. The lowest BCUT2D eigenvalue weighted by atomic mass is 9.72. The zero-order chi connectivity index (χ0) is 14.5. The lowest BCUT2D eigenvalue weighted by molar-refractivity contribution is 0.170. The lowest BCUT2D eigenvalue weighted by Crippen LogP contribution is -2.39. The molecule has 3 nitrogen and oxygen atoms in total. The van der Waals surface area contributed by atoms with Gasteiger partial charge in [-0.05, 0) is 26.3 Å². The van der Waals surface area contributed by atoms with Crippen LogP contribution in [0.5, 0.6) is 0 Å². The molecule has 4 heteroatoms. The average Bonchev–Trinajstić information content (AvgIpc) is 2.36. The van der Waals surface area contributed by atoms with Crippen molar-refractivity contribution in [3.63, 3.8) is 0 Å². The molecule has 0 spiro atoms. The van der Waals surface area contributed by atoms with E-state index in [1.165, 1.54) is 5.46 Å². The van der Waals surface area contributed by atoms with Crippen molar-refractivity contribution in [1.82, 2.24) is 5.32 Å². The molecule has 0 unspecified atom stereocenters. The predicted octanol–water partition coefficient (Wildman–Crippen LogP) is 1.75. The molecule has 0 bridgehead atoms. The Balaban J connectivity index is 2.83. The molecule has 0 aliphatic carbocycles. The second-order valence-electron chi connectivity index (χ2n) is 5.51. The van der Waals surface area contributed by atoms with Crippen LogP contribution < -0.4 is 16.5 Å². The minimum Gasteiger partial charge on any atom is -0.398 e. The number of nitrogen functional groups attached to an aromatic ring is 1. The largest absolute Gasteiger partial charge is 0.398 e. The first-order valence-electron chi connectivity index (χ1n) is 6.74. The summed E-state index contributed by atoms with van der Waals surface area (Å²) in [6, 6.07) is 6.11. The summed E-state index contributed by atoms with van der Waals surface area (Å²) in [5.41, 5.74) is 9.86. The van der Waals surface area contributed by atoms with Gasteiger partial charge in [0.1, 0.15) is 0 Å². The van der Waals surface area contributed by atoms with Crippen LogP contribution in [0.15, 0.2) is 24.8 Å². The second kappa shape index (κ2) is 6.66. The summed E-state index contributed by atoms with van der Waals surface area (Å²) in [5.74, 6) is 0. The van der Waals surface area contributed by atoms with E-state index < -0.39 is 0 Å². The van der Waals surface area contributed by atoms with E-state index in [4.69, 9.17) is 10.5 Å². The summed E-state index contributed by atoms with van der Waals surface area (Å²) in [5, 5.41) is 3.45. The highest BCUT2D eigenvalue weighted by Gasteiger charge is 2.18. The normalized spacial score (nSPS) is 11.2. The second-order valence-corrected chi connectivity index (χ2v) is 5.51. The number of methoxy groups -OCH3 is 1.